The second kappa shape index (κ2) is 4.67. The van der Waals surface area contributed by atoms with Gasteiger partial charge in [0.1, 0.15) is 5.69 Å². The van der Waals surface area contributed by atoms with Crippen molar-refractivity contribution in [3.63, 3.8) is 0 Å². The lowest BCUT2D eigenvalue weighted by Crippen LogP contribution is -2.09. The molecule has 2 rings (SSSR count). The highest BCUT2D eigenvalue weighted by atomic mass is 19.2. The third-order valence-electron chi connectivity index (χ3n) is 2.26. The second-order valence-electron chi connectivity index (χ2n) is 3.43. The number of hydrogen-bond acceptors (Lipinski definition) is 2. The van der Waals surface area contributed by atoms with Crippen LogP contribution in [0.1, 0.15) is 5.56 Å². The van der Waals surface area contributed by atoms with Crippen LogP contribution in [-0.2, 0) is 6.54 Å². The van der Waals surface area contributed by atoms with E-state index in [-0.39, 0.29) is 6.54 Å². The molecule has 0 fully saturated rings. The summed E-state index contributed by atoms with van der Waals surface area (Å²) >= 11 is 0. The predicted octanol–water partition coefficient (Wildman–Crippen LogP) is 3.59. The first-order valence-electron chi connectivity index (χ1n) is 4.78. The Labute approximate surface area is 98.0 Å². The lowest BCUT2D eigenvalue weighted by atomic mass is 10.2. The minimum absolute atomic E-state index is 0.130. The number of benzene rings is 1. The highest BCUT2D eigenvalue weighted by molar-refractivity contribution is 5.48. The van der Waals surface area contributed by atoms with Crippen molar-refractivity contribution in [1.82, 2.24) is 0 Å². The minimum atomic E-state index is -2.18. The van der Waals surface area contributed by atoms with Crippen LogP contribution in [0.3, 0.4) is 0 Å². The molecule has 0 spiro atoms. The topological polar surface area (TPSA) is 25.2 Å². The third-order valence-corrected chi connectivity index (χ3v) is 2.26. The van der Waals surface area contributed by atoms with Gasteiger partial charge in [-0.3, -0.25) is 0 Å². The van der Waals surface area contributed by atoms with Crippen LogP contribution in [0.15, 0.2) is 23.0 Å². The van der Waals surface area contributed by atoms with Crippen molar-refractivity contribution in [2.45, 2.75) is 6.54 Å². The fraction of sp³-hybridized carbons (Fsp3) is 0.0909. The Kier molecular flexibility index (Phi) is 3.22. The summed E-state index contributed by atoms with van der Waals surface area (Å²) in [6.07, 6.45) is 2.59. The molecule has 0 aliphatic carbocycles. The van der Waals surface area contributed by atoms with Crippen molar-refractivity contribution in [3.05, 3.63) is 53.2 Å². The van der Waals surface area contributed by atoms with Crippen LogP contribution in [0.5, 0.6) is 0 Å². The number of anilines is 1. The van der Waals surface area contributed by atoms with E-state index in [1.165, 1.54) is 18.6 Å². The monoisotopic (exact) mass is 263 g/mol. The molecule has 0 aliphatic rings. The summed E-state index contributed by atoms with van der Waals surface area (Å²) in [6.45, 7) is -0.130. The van der Waals surface area contributed by atoms with Crippen LogP contribution in [0.25, 0.3) is 0 Å². The van der Waals surface area contributed by atoms with E-state index in [1.807, 2.05) is 0 Å². The van der Waals surface area contributed by atoms with Crippen LogP contribution in [0, 0.1) is 29.1 Å². The normalized spacial score (nSPS) is 10.7. The fourth-order valence-electron chi connectivity index (χ4n) is 1.34. The Morgan fingerprint density at radius 1 is 0.889 bits per heavy atom. The molecule has 1 N–H and O–H groups in total. The molecule has 1 aromatic carbocycles. The summed E-state index contributed by atoms with van der Waals surface area (Å²) in [7, 11) is 0. The first kappa shape index (κ1) is 12.4. The van der Waals surface area contributed by atoms with E-state index in [0.717, 1.165) is 0 Å². The summed E-state index contributed by atoms with van der Waals surface area (Å²) in [5, 5.41) is 2.14. The molecule has 0 saturated heterocycles. The van der Waals surface area contributed by atoms with Gasteiger partial charge < -0.3 is 9.73 Å². The molecular weight excluding hydrogens is 257 g/mol. The van der Waals surface area contributed by atoms with Crippen molar-refractivity contribution >= 4 is 5.69 Å². The van der Waals surface area contributed by atoms with Gasteiger partial charge in [0.2, 0.25) is 5.82 Å². The summed E-state index contributed by atoms with van der Waals surface area (Å²) < 4.78 is 69.6. The predicted molar refractivity (Wildman–Crippen MR) is 52.3 cm³/mol. The lowest BCUT2D eigenvalue weighted by molar-refractivity contribution is 0.381. The van der Waals surface area contributed by atoms with E-state index in [2.05, 4.69) is 5.32 Å². The fourth-order valence-corrected chi connectivity index (χ4v) is 1.34. The Hall–Kier alpha value is -2.05. The van der Waals surface area contributed by atoms with Crippen molar-refractivity contribution in [2.24, 2.45) is 0 Å². The van der Waals surface area contributed by atoms with Crippen molar-refractivity contribution in [2.75, 3.05) is 5.32 Å². The Morgan fingerprint density at radius 2 is 1.44 bits per heavy atom. The Bertz CT molecular complexity index is 538. The molecule has 18 heavy (non-hydrogen) atoms. The van der Waals surface area contributed by atoms with E-state index in [9.17, 15) is 22.0 Å². The van der Waals surface area contributed by atoms with Gasteiger partial charge in [-0.25, -0.2) is 22.0 Å². The molecule has 96 valence electrons. The molecule has 0 radical (unpaired) electrons. The molecule has 0 amide bonds. The minimum Gasteiger partial charge on any atom is -0.472 e. The SMILES string of the molecule is Fc1c(F)c(F)c(NCc2ccoc2)c(F)c1F. The van der Waals surface area contributed by atoms with Gasteiger partial charge in [0, 0.05) is 12.1 Å². The summed E-state index contributed by atoms with van der Waals surface area (Å²) in [5.41, 5.74) is -0.563. The maximum Gasteiger partial charge on any atom is 0.200 e. The number of halogens is 5. The average Bonchev–Trinajstić information content (AvgIpc) is 2.87. The van der Waals surface area contributed by atoms with Gasteiger partial charge >= 0.3 is 0 Å². The maximum atomic E-state index is 13.2. The first-order valence-corrected chi connectivity index (χ1v) is 4.78. The average molecular weight is 263 g/mol. The second-order valence-corrected chi connectivity index (χ2v) is 3.43. The number of nitrogens with one attached hydrogen (secondary N) is 1. The molecule has 0 aliphatic heterocycles. The van der Waals surface area contributed by atoms with E-state index in [4.69, 9.17) is 4.42 Å². The molecule has 7 heteroatoms. The number of furan rings is 1. The van der Waals surface area contributed by atoms with Gasteiger partial charge in [-0.1, -0.05) is 0 Å². The molecule has 1 heterocycles. The molecule has 0 unspecified atom stereocenters. The zero-order valence-electron chi connectivity index (χ0n) is 8.74. The zero-order valence-corrected chi connectivity index (χ0v) is 8.74. The molecule has 2 nitrogen and oxygen atoms in total. The van der Waals surface area contributed by atoms with Gasteiger partial charge in [0.05, 0.1) is 12.5 Å². The zero-order chi connectivity index (χ0) is 13.3. The van der Waals surface area contributed by atoms with Gasteiger partial charge in [-0.2, -0.15) is 0 Å². The quantitative estimate of drug-likeness (QED) is 0.520. The summed E-state index contributed by atoms with van der Waals surface area (Å²) in [4.78, 5) is 0. The van der Waals surface area contributed by atoms with Crippen LogP contribution in [-0.4, -0.2) is 0 Å². The van der Waals surface area contributed by atoms with Gasteiger partial charge in [-0.15, -0.1) is 0 Å². The van der Waals surface area contributed by atoms with Crippen molar-refractivity contribution in [3.8, 4) is 0 Å². The van der Waals surface area contributed by atoms with Crippen molar-refractivity contribution in [1.29, 1.82) is 0 Å². The Morgan fingerprint density at radius 3 is 1.94 bits per heavy atom. The van der Waals surface area contributed by atoms with E-state index >= 15 is 0 Å². The third kappa shape index (κ3) is 2.03. The summed E-state index contributed by atoms with van der Waals surface area (Å²) in [5.74, 6) is -9.93. The molecule has 0 bridgehead atoms. The van der Waals surface area contributed by atoms with Crippen LogP contribution >= 0.6 is 0 Å². The van der Waals surface area contributed by atoms with E-state index in [1.54, 1.807) is 0 Å². The number of rotatable bonds is 3. The van der Waals surface area contributed by atoms with Crippen LogP contribution < -0.4 is 5.32 Å². The maximum absolute atomic E-state index is 13.2. The lowest BCUT2D eigenvalue weighted by Gasteiger charge is -2.09. The molecule has 0 saturated carbocycles. The number of hydrogen-bond donors (Lipinski definition) is 1. The van der Waals surface area contributed by atoms with E-state index in [0.29, 0.717) is 5.56 Å². The van der Waals surface area contributed by atoms with Gasteiger partial charge in [0.15, 0.2) is 23.3 Å². The van der Waals surface area contributed by atoms with Gasteiger partial charge in [-0.05, 0) is 6.07 Å². The Balaban J connectivity index is 2.33. The van der Waals surface area contributed by atoms with Crippen LogP contribution in [0.2, 0.25) is 0 Å². The first-order chi connectivity index (χ1) is 8.52. The molecule has 2 aromatic rings. The largest absolute Gasteiger partial charge is 0.472 e. The van der Waals surface area contributed by atoms with Crippen molar-refractivity contribution < 1.29 is 26.4 Å². The highest BCUT2D eigenvalue weighted by Gasteiger charge is 2.25. The summed E-state index contributed by atoms with van der Waals surface area (Å²) in [6, 6.07) is 1.49. The molecule has 0 atom stereocenters. The standard InChI is InChI=1S/C11H6F5NO/c12-6-7(13)9(15)11(10(16)8(6)14)17-3-5-1-2-18-4-5/h1-2,4,17H,3H2. The van der Waals surface area contributed by atoms with E-state index < -0.39 is 34.8 Å². The van der Waals surface area contributed by atoms with Crippen LogP contribution in [0.4, 0.5) is 27.6 Å². The molecule has 1 aromatic heterocycles. The van der Waals surface area contributed by atoms with Gasteiger partial charge in [0.25, 0.3) is 0 Å². The molecular formula is C11H6F5NO. The smallest absolute Gasteiger partial charge is 0.200 e. The highest BCUT2D eigenvalue weighted by Crippen LogP contribution is 2.27.